The molecule has 0 radical (unpaired) electrons. The maximum absolute atomic E-state index is 12.6. The third-order valence-corrected chi connectivity index (χ3v) is 5.68. The summed E-state index contributed by atoms with van der Waals surface area (Å²) < 4.78 is 5.08. The third-order valence-electron chi connectivity index (χ3n) is 5.50. The van der Waals surface area contributed by atoms with Crippen molar-refractivity contribution in [2.75, 3.05) is 26.7 Å². The van der Waals surface area contributed by atoms with E-state index in [1.165, 1.54) is 5.56 Å². The number of amides is 1. The van der Waals surface area contributed by atoms with Crippen molar-refractivity contribution in [3.05, 3.63) is 52.9 Å². The Labute approximate surface area is 164 Å². The summed E-state index contributed by atoms with van der Waals surface area (Å²) in [6, 6.07) is 12.7. The fourth-order valence-corrected chi connectivity index (χ4v) is 4.56. The molecular formula is C19H23Cl2N3O2. The second-order valence-electron chi connectivity index (χ2n) is 7.13. The molecule has 2 aromatic rings. The summed E-state index contributed by atoms with van der Waals surface area (Å²) in [5.74, 6) is 1.92. The number of fused-ring (bicyclic) bond motifs is 1. The van der Waals surface area contributed by atoms with Crippen LogP contribution in [0.25, 0.3) is 0 Å². The Balaban J connectivity index is 0.00000196. The lowest BCUT2D eigenvalue weighted by Crippen LogP contribution is -2.33. The van der Waals surface area contributed by atoms with Crippen LogP contribution >= 0.6 is 24.0 Å². The summed E-state index contributed by atoms with van der Waals surface area (Å²) in [5.41, 5.74) is 1.35. The Bertz CT molecular complexity index is 752. The van der Waals surface area contributed by atoms with Crippen LogP contribution in [-0.2, 0) is 11.2 Å². The number of likely N-dealkylation sites (tertiary alicyclic amines) is 2. The summed E-state index contributed by atoms with van der Waals surface area (Å²) in [7, 11) is 2.19. The lowest BCUT2D eigenvalue weighted by molar-refractivity contribution is -0.130. The first kappa shape index (κ1) is 19.2. The maximum atomic E-state index is 12.6. The molecule has 3 atom stereocenters. The Hall–Kier alpha value is -1.56. The highest BCUT2D eigenvalue weighted by atomic mass is 35.5. The molecule has 0 N–H and O–H groups in total. The van der Waals surface area contributed by atoms with Crippen LogP contribution < -0.4 is 0 Å². The SMILES string of the molecule is CN1C[C@H]2CN(C(=O)CCc3cc(Cl)no3)C[C@H]2[C@@H]1c1ccccc1.Cl. The van der Waals surface area contributed by atoms with Gasteiger partial charge in [0.15, 0.2) is 5.15 Å². The van der Waals surface area contributed by atoms with Gasteiger partial charge in [-0.3, -0.25) is 9.69 Å². The van der Waals surface area contributed by atoms with Crippen LogP contribution in [0.15, 0.2) is 40.9 Å². The number of hydrogen-bond acceptors (Lipinski definition) is 4. The minimum atomic E-state index is 0. The highest BCUT2D eigenvalue weighted by Crippen LogP contribution is 2.44. The summed E-state index contributed by atoms with van der Waals surface area (Å²) >= 11 is 5.75. The van der Waals surface area contributed by atoms with E-state index in [0.717, 1.165) is 19.6 Å². The van der Waals surface area contributed by atoms with Crippen LogP contribution in [0.2, 0.25) is 5.15 Å². The van der Waals surface area contributed by atoms with Crippen molar-refractivity contribution in [3.63, 3.8) is 0 Å². The number of benzene rings is 1. The van der Waals surface area contributed by atoms with E-state index in [1.54, 1.807) is 6.07 Å². The number of rotatable bonds is 4. The van der Waals surface area contributed by atoms with Gasteiger partial charge in [-0.1, -0.05) is 47.1 Å². The van der Waals surface area contributed by atoms with Crippen LogP contribution in [0.4, 0.5) is 0 Å². The van der Waals surface area contributed by atoms with Gasteiger partial charge >= 0.3 is 0 Å². The minimum absolute atomic E-state index is 0. The van der Waals surface area contributed by atoms with Gasteiger partial charge in [-0.2, -0.15) is 0 Å². The third kappa shape index (κ3) is 3.75. The van der Waals surface area contributed by atoms with Gasteiger partial charge < -0.3 is 9.42 Å². The van der Waals surface area contributed by atoms with Gasteiger partial charge in [-0.15, -0.1) is 12.4 Å². The van der Waals surface area contributed by atoms with Crippen LogP contribution in [-0.4, -0.2) is 47.5 Å². The molecule has 26 heavy (non-hydrogen) atoms. The number of aryl methyl sites for hydroxylation is 1. The zero-order chi connectivity index (χ0) is 17.4. The molecule has 2 aliphatic heterocycles. The molecule has 1 amide bonds. The Morgan fingerprint density at radius 3 is 2.73 bits per heavy atom. The van der Waals surface area contributed by atoms with Gasteiger partial charge in [0, 0.05) is 50.5 Å². The zero-order valence-electron chi connectivity index (χ0n) is 14.7. The summed E-state index contributed by atoms with van der Waals surface area (Å²) in [4.78, 5) is 17.1. The zero-order valence-corrected chi connectivity index (χ0v) is 16.2. The molecule has 2 aliphatic rings. The van der Waals surface area contributed by atoms with Crippen molar-refractivity contribution in [1.29, 1.82) is 0 Å². The van der Waals surface area contributed by atoms with E-state index in [1.807, 2.05) is 4.90 Å². The fraction of sp³-hybridized carbons (Fsp3) is 0.474. The molecule has 0 saturated carbocycles. The van der Waals surface area contributed by atoms with Gasteiger partial charge in [-0.25, -0.2) is 0 Å². The second-order valence-corrected chi connectivity index (χ2v) is 7.52. The van der Waals surface area contributed by atoms with Gasteiger partial charge in [0.1, 0.15) is 5.76 Å². The van der Waals surface area contributed by atoms with E-state index in [2.05, 4.69) is 47.4 Å². The van der Waals surface area contributed by atoms with E-state index in [-0.39, 0.29) is 18.3 Å². The van der Waals surface area contributed by atoms with Crippen molar-refractivity contribution >= 4 is 29.9 Å². The number of carbonyl (C=O) groups excluding carboxylic acids is 1. The van der Waals surface area contributed by atoms with Crippen LogP contribution in [0.5, 0.6) is 0 Å². The van der Waals surface area contributed by atoms with Gasteiger partial charge in [-0.05, 0) is 18.5 Å². The number of hydrogen-bond donors (Lipinski definition) is 0. The minimum Gasteiger partial charge on any atom is -0.360 e. The lowest BCUT2D eigenvalue weighted by Gasteiger charge is -2.26. The topological polar surface area (TPSA) is 49.6 Å². The molecule has 2 saturated heterocycles. The number of halogens is 2. The van der Waals surface area contributed by atoms with E-state index in [0.29, 0.717) is 41.6 Å². The van der Waals surface area contributed by atoms with Crippen LogP contribution in [0.1, 0.15) is 23.8 Å². The average molecular weight is 396 g/mol. The van der Waals surface area contributed by atoms with Crippen molar-refractivity contribution in [2.45, 2.75) is 18.9 Å². The summed E-state index contributed by atoms with van der Waals surface area (Å²) in [6.45, 7) is 2.74. The molecule has 4 rings (SSSR count). The molecular weight excluding hydrogens is 373 g/mol. The lowest BCUT2D eigenvalue weighted by atomic mass is 9.90. The molecule has 0 spiro atoms. The van der Waals surface area contributed by atoms with Gasteiger partial charge in [0.25, 0.3) is 0 Å². The van der Waals surface area contributed by atoms with E-state index < -0.39 is 0 Å². The Morgan fingerprint density at radius 1 is 1.27 bits per heavy atom. The first-order chi connectivity index (χ1) is 12.1. The number of carbonyl (C=O) groups is 1. The quantitative estimate of drug-likeness (QED) is 0.795. The van der Waals surface area contributed by atoms with Gasteiger partial charge in [0.05, 0.1) is 0 Å². The largest absolute Gasteiger partial charge is 0.360 e. The van der Waals surface area contributed by atoms with Crippen molar-refractivity contribution in [3.8, 4) is 0 Å². The highest BCUT2D eigenvalue weighted by molar-refractivity contribution is 6.29. The van der Waals surface area contributed by atoms with Crippen LogP contribution in [0.3, 0.4) is 0 Å². The molecule has 7 heteroatoms. The first-order valence-corrected chi connectivity index (χ1v) is 9.13. The molecule has 0 unspecified atom stereocenters. The molecule has 2 fully saturated rings. The summed E-state index contributed by atoms with van der Waals surface area (Å²) in [6.07, 6.45) is 0.989. The molecule has 140 valence electrons. The van der Waals surface area contributed by atoms with Crippen molar-refractivity contribution in [2.24, 2.45) is 11.8 Å². The second kappa shape index (κ2) is 7.99. The predicted molar refractivity (Wildman–Crippen MR) is 102 cm³/mol. The molecule has 0 bridgehead atoms. The monoisotopic (exact) mass is 395 g/mol. The van der Waals surface area contributed by atoms with Crippen molar-refractivity contribution in [1.82, 2.24) is 15.0 Å². The smallest absolute Gasteiger partial charge is 0.223 e. The van der Waals surface area contributed by atoms with E-state index in [9.17, 15) is 4.79 Å². The number of aromatic nitrogens is 1. The standard InChI is InChI=1S/C19H22ClN3O2.ClH/c1-22-10-14-11-23(18(24)8-7-15-9-17(20)21-25-15)12-16(14)19(22)13-5-3-2-4-6-13;/h2-6,9,14,16,19H,7-8,10-12H2,1H3;1H/t14-,16+,19-;/m0./s1. The fourth-order valence-electron chi connectivity index (χ4n) is 4.41. The molecule has 3 heterocycles. The Morgan fingerprint density at radius 2 is 2.04 bits per heavy atom. The average Bonchev–Trinajstić information content (AvgIpc) is 3.27. The predicted octanol–water partition coefficient (Wildman–Crippen LogP) is 3.44. The molecule has 1 aromatic heterocycles. The van der Waals surface area contributed by atoms with E-state index in [4.69, 9.17) is 16.1 Å². The van der Waals surface area contributed by atoms with E-state index >= 15 is 0 Å². The van der Waals surface area contributed by atoms with Crippen LogP contribution in [0, 0.1) is 11.8 Å². The highest BCUT2D eigenvalue weighted by Gasteiger charge is 2.46. The molecule has 1 aromatic carbocycles. The molecule has 0 aliphatic carbocycles. The number of nitrogens with zero attached hydrogens (tertiary/aromatic N) is 3. The maximum Gasteiger partial charge on any atom is 0.223 e. The Kier molecular flexibility index (Phi) is 5.90. The normalized spacial score (nSPS) is 25.2. The van der Waals surface area contributed by atoms with Gasteiger partial charge in [0.2, 0.25) is 5.91 Å². The molecule has 5 nitrogen and oxygen atoms in total. The summed E-state index contributed by atoms with van der Waals surface area (Å²) in [5, 5.41) is 3.99. The van der Waals surface area contributed by atoms with Crippen molar-refractivity contribution < 1.29 is 9.32 Å². The first-order valence-electron chi connectivity index (χ1n) is 8.76.